The van der Waals surface area contributed by atoms with Gasteiger partial charge in [0, 0.05) is 5.41 Å². The Labute approximate surface area is 98.9 Å². The third-order valence-electron chi connectivity index (χ3n) is 6.12. The summed E-state index contributed by atoms with van der Waals surface area (Å²) < 4.78 is 0. The van der Waals surface area contributed by atoms with Crippen molar-refractivity contribution in [3.05, 3.63) is 11.6 Å². The molecule has 3 rings (SSSR count). The first-order valence-corrected chi connectivity index (χ1v) is 6.74. The topological polar surface area (TPSA) is 20.2 Å². The molecule has 5 atom stereocenters. The van der Waals surface area contributed by atoms with Gasteiger partial charge in [-0.3, -0.25) is 0 Å². The summed E-state index contributed by atoms with van der Waals surface area (Å²) >= 11 is 0. The summed E-state index contributed by atoms with van der Waals surface area (Å²) in [4.78, 5) is 0. The van der Waals surface area contributed by atoms with Gasteiger partial charge in [0.05, 0.1) is 6.10 Å². The maximum atomic E-state index is 10.3. The summed E-state index contributed by atoms with van der Waals surface area (Å²) in [6.07, 6.45) is 5.59. The van der Waals surface area contributed by atoms with E-state index in [-0.39, 0.29) is 11.5 Å². The van der Waals surface area contributed by atoms with Gasteiger partial charge in [-0.1, -0.05) is 32.4 Å². The van der Waals surface area contributed by atoms with Gasteiger partial charge in [0.2, 0.25) is 0 Å². The molecule has 16 heavy (non-hydrogen) atoms. The molecule has 3 aliphatic carbocycles. The predicted octanol–water partition coefficient (Wildman–Crippen LogP) is 3.39. The molecule has 3 aliphatic rings. The molecule has 1 heteroatoms. The molecule has 0 aromatic heterocycles. The van der Waals surface area contributed by atoms with Gasteiger partial charge in [-0.15, -0.1) is 0 Å². The Morgan fingerprint density at radius 1 is 1.31 bits per heavy atom. The Kier molecular flexibility index (Phi) is 1.98. The molecule has 0 aromatic rings. The molecule has 0 radical (unpaired) electrons. The van der Waals surface area contributed by atoms with E-state index in [4.69, 9.17) is 0 Å². The second-order valence-electron chi connectivity index (χ2n) is 7.18. The number of allylic oxidation sites excluding steroid dienone is 1. The summed E-state index contributed by atoms with van der Waals surface area (Å²) in [5, 5.41) is 10.3. The van der Waals surface area contributed by atoms with Crippen molar-refractivity contribution in [3.8, 4) is 0 Å². The summed E-state index contributed by atoms with van der Waals surface area (Å²) in [7, 11) is 0. The third-order valence-corrected chi connectivity index (χ3v) is 6.12. The number of hydrogen-bond acceptors (Lipinski definition) is 1. The van der Waals surface area contributed by atoms with Crippen LogP contribution in [-0.4, -0.2) is 11.2 Å². The fourth-order valence-corrected chi connectivity index (χ4v) is 4.90. The van der Waals surface area contributed by atoms with Crippen LogP contribution in [0.1, 0.15) is 47.0 Å². The van der Waals surface area contributed by atoms with Crippen molar-refractivity contribution in [3.63, 3.8) is 0 Å². The van der Waals surface area contributed by atoms with Gasteiger partial charge in [0.1, 0.15) is 0 Å². The number of hydrogen-bond donors (Lipinski definition) is 1. The van der Waals surface area contributed by atoms with Crippen molar-refractivity contribution in [1.82, 2.24) is 0 Å². The average molecular weight is 220 g/mol. The maximum absolute atomic E-state index is 10.3. The minimum absolute atomic E-state index is 0.112. The van der Waals surface area contributed by atoms with E-state index in [0.29, 0.717) is 11.3 Å². The number of aliphatic hydroxyl groups excluding tert-OH is 1. The fraction of sp³-hybridized carbons (Fsp3) is 0.867. The predicted molar refractivity (Wildman–Crippen MR) is 66.0 cm³/mol. The van der Waals surface area contributed by atoms with Crippen LogP contribution in [0.3, 0.4) is 0 Å². The molecule has 0 heterocycles. The first-order valence-electron chi connectivity index (χ1n) is 6.74. The Hall–Kier alpha value is -0.300. The second kappa shape index (κ2) is 2.93. The van der Waals surface area contributed by atoms with E-state index in [1.54, 1.807) is 5.57 Å². The van der Waals surface area contributed by atoms with Crippen LogP contribution in [0.4, 0.5) is 0 Å². The zero-order valence-corrected chi connectivity index (χ0v) is 11.0. The third kappa shape index (κ3) is 1.11. The molecule has 1 N–H and O–H groups in total. The Morgan fingerprint density at radius 3 is 2.69 bits per heavy atom. The summed E-state index contributed by atoms with van der Waals surface area (Å²) in [5.41, 5.74) is 2.23. The van der Waals surface area contributed by atoms with Crippen LogP contribution in [0.25, 0.3) is 0 Å². The first kappa shape index (κ1) is 10.8. The molecular formula is C15H24O. The van der Waals surface area contributed by atoms with Crippen molar-refractivity contribution >= 4 is 0 Å². The van der Waals surface area contributed by atoms with Crippen molar-refractivity contribution in [2.24, 2.45) is 28.6 Å². The molecule has 1 unspecified atom stereocenters. The van der Waals surface area contributed by atoms with E-state index in [1.807, 2.05) is 0 Å². The van der Waals surface area contributed by atoms with Crippen LogP contribution in [0.5, 0.6) is 0 Å². The molecule has 2 fully saturated rings. The zero-order valence-electron chi connectivity index (χ0n) is 11.0. The molecule has 90 valence electrons. The standard InChI is InChI=1S/C15H24O/c1-9-5-6-11(16)15(4)8-7-10-13(12(9)15)14(10,2)3/h5,10-13,16H,6-8H2,1-4H3/t10-,11-,12?,13-,15-/m0/s1. The van der Waals surface area contributed by atoms with Crippen LogP contribution in [0, 0.1) is 28.6 Å². The minimum atomic E-state index is -0.112. The molecule has 2 saturated carbocycles. The van der Waals surface area contributed by atoms with Crippen LogP contribution in [0.15, 0.2) is 11.6 Å². The fourth-order valence-electron chi connectivity index (χ4n) is 4.90. The number of fused-ring (bicyclic) bond motifs is 3. The van der Waals surface area contributed by atoms with Crippen molar-refractivity contribution in [2.45, 2.75) is 53.1 Å². The van der Waals surface area contributed by atoms with Crippen LogP contribution in [0.2, 0.25) is 0 Å². The second-order valence-corrected chi connectivity index (χ2v) is 7.18. The lowest BCUT2D eigenvalue weighted by molar-refractivity contribution is -0.0328. The zero-order chi connectivity index (χ0) is 11.7. The largest absolute Gasteiger partial charge is 0.392 e. The van der Waals surface area contributed by atoms with Gasteiger partial charge in [-0.05, 0) is 49.4 Å². The van der Waals surface area contributed by atoms with E-state index in [0.717, 1.165) is 18.3 Å². The van der Waals surface area contributed by atoms with Crippen LogP contribution in [-0.2, 0) is 0 Å². The molecule has 0 spiro atoms. The highest BCUT2D eigenvalue weighted by Crippen LogP contribution is 2.73. The van der Waals surface area contributed by atoms with Gasteiger partial charge in [-0.2, -0.15) is 0 Å². The van der Waals surface area contributed by atoms with Gasteiger partial charge in [-0.25, -0.2) is 0 Å². The van der Waals surface area contributed by atoms with Gasteiger partial charge < -0.3 is 5.11 Å². The summed E-state index contributed by atoms with van der Waals surface area (Å²) in [6.45, 7) is 9.44. The highest BCUT2D eigenvalue weighted by Gasteiger charge is 2.67. The Balaban J connectivity index is 2.02. The molecular weight excluding hydrogens is 196 g/mol. The number of aliphatic hydroxyl groups is 1. The van der Waals surface area contributed by atoms with Crippen LogP contribution < -0.4 is 0 Å². The minimum Gasteiger partial charge on any atom is -0.392 e. The van der Waals surface area contributed by atoms with E-state index in [1.165, 1.54) is 12.8 Å². The summed E-state index contributed by atoms with van der Waals surface area (Å²) in [6, 6.07) is 0. The lowest BCUT2D eigenvalue weighted by Crippen LogP contribution is -2.45. The number of rotatable bonds is 0. The van der Waals surface area contributed by atoms with Crippen molar-refractivity contribution in [1.29, 1.82) is 0 Å². The molecule has 0 bridgehead atoms. The average Bonchev–Trinajstić information content (AvgIpc) is 2.76. The van der Waals surface area contributed by atoms with E-state index >= 15 is 0 Å². The smallest absolute Gasteiger partial charge is 0.0634 e. The SMILES string of the molecule is CC1=CC[C@H](O)[C@]2(C)CC[C@H]3[C@@H](C12)C3(C)C. The van der Waals surface area contributed by atoms with Gasteiger partial charge in [0.15, 0.2) is 0 Å². The van der Waals surface area contributed by atoms with Gasteiger partial charge in [0.25, 0.3) is 0 Å². The maximum Gasteiger partial charge on any atom is 0.0634 e. The first-order chi connectivity index (χ1) is 7.39. The monoisotopic (exact) mass is 220 g/mol. The Morgan fingerprint density at radius 2 is 2.00 bits per heavy atom. The lowest BCUT2D eigenvalue weighted by Gasteiger charge is -2.48. The molecule has 0 aliphatic heterocycles. The van der Waals surface area contributed by atoms with Crippen LogP contribution >= 0.6 is 0 Å². The molecule has 0 saturated heterocycles. The highest BCUT2D eigenvalue weighted by molar-refractivity contribution is 5.26. The molecule has 0 aromatic carbocycles. The van der Waals surface area contributed by atoms with Gasteiger partial charge >= 0.3 is 0 Å². The molecule has 1 nitrogen and oxygen atoms in total. The molecule has 0 amide bonds. The quantitative estimate of drug-likeness (QED) is 0.620. The van der Waals surface area contributed by atoms with E-state index in [2.05, 4.69) is 33.8 Å². The Bertz CT molecular complexity index is 354. The summed E-state index contributed by atoms with van der Waals surface area (Å²) in [5.74, 6) is 2.39. The lowest BCUT2D eigenvalue weighted by atomic mass is 9.58. The highest BCUT2D eigenvalue weighted by atomic mass is 16.3. The normalized spacial score (nSPS) is 53.7. The van der Waals surface area contributed by atoms with Crippen molar-refractivity contribution in [2.75, 3.05) is 0 Å². The van der Waals surface area contributed by atoms with E-state index < -0.39 is 0 Å². The van der Waals surface area contributed by atoms with E-state index in [9.17, 15) is 5.11 Å². The van der Waals surface area contributed by atoms with Crippen molar-refractivity contribution < 1.29 is 5.11 Å².